The Bertz CT molecular complexity index is 941. The Kier molecular flexibility index (Phi) is 3.74. The van der Waals surface area contributed by atoms with Gasteiger partial charge in [-0.2, -0.15) is 0 Å². The molecule has 23 heavy (non-hydrogen) atoms. The highest BCUT2D eigenvalue weighted by Gasteiger charge is 2.17. The van der Waals surface area contributed by atoms with Gasteiger partial charge in [-0.05, 0) is 55.3 Å². The van der Waals surface area contributed by atoms with Gasteiger partial charge in [0.15, 0.2) is 0 Å². The number of pyridine rings is 2. The number of hydrogen-bond acceptors (Lipinski definition) is 2. The van der Waals surface area contributed by atoms with Crippen LogP contribution in [0.4, 0.5) is 8.78 Å². The van der Waals surface area contributed by atoms with Gasteiger partial charge >= 0.3 is 0 Å². The Hall–Kier alpha value is -2.53. The summed E-state index contributed by atoms with van der Waals surface area (Å²) in [7, 11) is 0. The van der Waals surface area contributed by atoms with Crippen LogP contribution in [0.2, 0.25) is 0 Å². The van der Waals surface area contributed by atoms with Crippen LogP contribution in [-0.4, -0.2) is 4.40 Å². The van der Waals surface area contributed by atoms with E-state index in [0.29, 0.717) is 11.1 Å². The molecule has 0 bridgehead atoms. The van der Waals surface area contributed by atoms with E-state index < -0.39 is 17.7 Å². The third-order valence-electron chi connectivity index (χ3n) is 3.87. The number of fused-ring (bicyclic) bond motifs is 1. The van der Waals surface area contributed by atoms with Crippen LogP contribution < -0.4 is 11.3 Å². The fourth-order valence-corrected chi connectivity index (χ4v) is 2.84. The van der Waals surface area contributed by atoms with Crippen LogP contribution in [0.15, 0.2) is 47.3 Å². The maximum atomic E-state index is 13.6. The van der Waals surface area contributed by atoms with Crippen LogP contribution in [0.25, 0.3) is 16.6 Å². The molecule has 2 aromatic heterocycles. The Balaban J connectivity index is 2.47. The lowest BCUT2D eigenvalue weighted by Gasteiger charge is -2.16. The van der Waals surface area contributed by atoms with Gasteiger partial charge in [0.2, 0.25) is 0 Å². The first-order valence-electron chi connectivity index (χ1n) is 7.26. The van der Waals surface area contributed by atoms with E-state index in [2.05, 4.69) is 0 Å². The standard InChI is InChI=1S/C18H16F2N2O/c1-10-4-3-5-15-9-16(11(2)21)17(18(23)22(10)15)12-6-13(19)8-14(20)7-12/h3-9,11H,21H2,1-2H3. The molecule has 0 saturated carbocycles. The van der Waals surface area contributed by atoms with Crippen LogP contribution in [0, 0.1) is 18.6 Å². The van der Waals surface area contributed by atoms with Crippen LogP contribution in [0.5, 0.6) is 0 Å². The predicted octanol–water partition coefficient (Wildman–Crippen LogP) is 3.57. The molecule has 118 valence electrons. The largest absolute Gasteiger partial charge is 0.324 e. The molecule has 3 nitrogen and oxygen atoms in total. The summed E-state index contributed by atoms with van der Waals surface area (Å²) in [6.45, 7) is 3.54. The van der Waals surface area contributed by atoms with Gasteiger partial charge in [-0.25, -0.2) is 8.78 Å². The van der Waals surface area contributed by atoms with E-state index in [0.717, 1.165) is 23.9 Å². The number of rotatable bonds is 2. The van der Waals surface area contributed by atoms with Gasteiger partial charge in [-0.3, -0.25) is 9.20 Å². The monoisotopic (exact) mass is 314 g/mol. The zero-order chi connectivity index (χ0) is 16.7. The highest BCUT2D eigenvalue weighted by molar-refractivity contribution is 5.71. The molecule has 0 saturated heterocycles. The molecule has 0 spiro atoms. The SMILES string of the molecule is Cc1cccc2cc(C(C)N)c(-c3cc(F)cc(F)c3)c(=O)n12. The van der Waals surface area contributed by atoms with Crippen LogP contribution in [0.3, 0.4) is 0 Å². The smallest absolute Gasteiger partial charge is 0.263 e. The number of nitrogens with two attached hydrogens (primary N) is 1. The van der Waals surface area contributed by atoms with Gasteiger partial charge in [-0.1, -0.05) is 6.07 Å². The van der Waals surface area contributed by atoms with Gasteiger partial charge in [0.05, 0.1) is 5.56 Å². The lowest BCUT2D eigenvalue weighted by molar-refractivity contribution is 0.584. The fourth-order valence-electron chi connectivity index (χ4n) is 2.84. The van der Waals surface area contributed by atoms with Crippen molar-refractivity contribution < 1.29 is 8.78 Å². The van der Waals surface area contributed by atoms with Crippen LogP contribution in [0.1, 0.15) is 24.2 Å². The van der Waals surface area contributed by atoms with Gasteiger partial charge in [0.1, 0.15) is 11.6 Å². The van der Waals surface area contributed by atoms with E-state index in [4.69, 9.17) is 5.73 Å². The molecule has 2 N–H and O–H groups in total. The molecule has 0 aliphatic heterocycles. The fraction of sp³-hybridized carbons (Fsp3) is 0.167. The first kappa shape index (κ1) is 15.4. The normalized spacial score (nSPS) is 12.6. The minimum atomic E-state index is -0.732. The summed E-state index contributed by atoms with van der Waals surface area (Å²) in [6, 6.07) is 9.86. The zero-order valence-corrected chi connectivity index (χ0v) is 12.8. The second-order valence-corrected chi connectivity index (χ2v) is 5.65. The minimum absolute atomic E-state index is 0.192. The Morgan fingerprint density at radius 3 is 2.35 bits per heavy atom. The molecule has 5 heteroatoms. The molecule has 0 amide bonds. The van der Waals surface area contributed by atoms with Crippen molar-refractivity contribution in [2.24, 2.45) is 5.73 Å². The van der Waals surface area contributed by atoms with Crippen molar-refractivity contribution in [1.82, 2.24) is 4.40 Å². The second-order valence-electron chi connectivity index (χ2n) is 5.65. The number of hydrogen-bond donors (Lipinski definition) is 1. The molecule has 1 aromatic carbocycles. The summed E-state index contributed by atoms with van der Waals surface area (Å²) in [5.41, 5.74) is 8.07. The van der Waals surface area contributed by atoms with Crippen molar-refractivity contribution in [2.45, 2.75) is 19.9 Å². The summed E-state index contributed by atoms with van der Waals surface area (Å²) >= 11 is 0. The third kappa shape index (κ3) is 2.64. The lowest BCUT2D eigenvalue weighted by Crippen LogP contribution is -2.22. The van der Waals surface area contributed by atoms with Gasteiger partial charge in [0, 0.05) is 23.3 Å². The topological polar surface area (TPSA) is 47.5 Å². The van der Waals surface area contributed by atoms with Crippen LogP contribution >= 0.6 is 0 Å². The van der Waals surface area contributed by atoms with Crippen molar-refractivity contribution in [1.29, 1.82) is 0 Å². The van der Waals surface area contributed by atoms with E-state index in [1.54, 1.807) is 32.0 Å². The molecule has 2 heterocycles. The third-order valence-corrected chi connectivity index (χ3v) is 3.87. The van der Waals surface area contributed by atoms with Crippen molar-refractivity contribution in [2.75, 3.05) is 0 Å². The summed E-state index contributed by atoms with van der Waals surface area (Å²) in [4.78, 5) is 13.0. The average Bonchev–Trinajstić information content (AvgIpc) is 2.45. The summed E-state index contributed by atoms with van der Waals surface area (Å²) in [6.07, 6.45) is 0. The van der Waals surface area contributed by atoms with Crippen molar-refractivity contribution in [3.8, 4) is 11.1 Å². The highest BCUT2D eigenvalue weighted by atomic mass is 19.1. The molecular formula is C18H16F2N2O. The summed E-state index contributed by atoms with van der Waals surface area (Å²) in [5, 5.41) is 0. The Morgan fingerprint density at radius 1 is 1.09 bits per heavy atom. The molecule has 0 aliphatic rings. The van der Waals surface area contributed by atoms with E-state index in [-0.39, 0.29) is 16.7 Å². The predicted molar refractivity (Wildman–Crippen MR) is 86.4 cm³/mol. The number of aromatic nitrogens is 1. The number of benzene rings is 1. The van der Waals surface area contributed by atoms with E-state index >= 15 is 0 Å². The molecule has 0 fully saturated rings. The highest BCUT2D eigenvalue weighted by Crippen LogP contribution is 2.27. The zero-order valence-electron chi connectivity index (χ0n) is 12.8. The quantitative estimate of drug-likeness (QED) is 0.786. The number of halogens is 2. The summed E-state index contributed by atoms with van der Waals surface area (Å²) < 4.78 is 28.7. The Morgan fingerprint density at radius 2 is 1.74 bits per heavy atom. The van der Waals surface area contributed by atoms with Gasteiger partial charge in [0.25, 0.3) is 5.56 Å². The van der Waals surface area contributed by atoms with Crippen molar-refractivity contribution in [3.63, 3.8) is 0 Å². The maximum Gasteiger partial charge on any atom is 0.263 e. The maximum absolute atomic E-state index is 13.6. The lowest BCUT2D eigenvalue weighted by atomic mass is 9.96. The molecule has 1 atom stereocenters. The van der Waals surface area contributed by atoms with Gasteiger partial charge < -0.3 is 5.73 Å². The first-order valence-corrected chi connectivity index (χ1v) is 7.26. The van der Waals surface area contributed by atoms with Crippen LogP contribution in [-0.2, 0) is 0 Å². The van der Waals surface area contributed by atoms with E-state index in [9.17, 15) is 13.6 Å². The summed E-state index contributed by atoms with van der Waals surface area (Å²) in [5.74, 6) is -1.46. The van der Waals surface area contributed by atoms with Gasteiger partial charge in [-0.15, -0.1) is 0 Å². The molecule has 0 radical (unpaired) electrons. The minimum Gasteiger partial charge on any atom is -0.324 e. The number of aryl methyl sites for hydroxylation is 1. The van der Waals surface area contributed by atoms with E-state index in [1.807, 2.05) is 6.07 Å². The van der Waals surface area contributed by atoms with Crippen molar-refractivity contribution in [3.05, 3.63) is 75.7 Å². The first-order chi connectivity index (χ1) is 10.9. The number of nitrogens with zero attached hydrogens (tertiary/aromatic N) is 1. The molecule has 3 rings (SSSR count). The van der Waals surface area contributed by atoms with Crippen molar-refractivity contribution >= 4 is 5.52 Å². The molecular weight excluding hydrogens is 298 g/mol. The second kappa shape index (κ2) is 5.59. The van der Waals surface area contributed by atoms with E-state index in [1.165, 1.54) is 4.40 Å². The molecule has 3 aromatic rings. The Labute approximate surface area is 132 Å². The molecule has 0 aliphatic carbocycles. The molecule has 1 unspecified atom stereocenters. The average molecular weight is 314 g/mol.